The van der Waals surface area contributed by atoms with Crippen molar-refractivity contribution in [1.82, 2.24) is 15.6 Å². The third-order valence-corrected chi connectivity index (χ3v) is 2.47. The monoisotopic (exact) mass is 221 g/mol. The first-order chi connectivity index (χ1) is 7.63. The van der Waals surface area contributed by atoms with E-state index in [9.17, 15) is 4.79 Å². The van der Waals surface area contributed by atoms with Crippen molar-refractivity contribution in [3.63, 3.8) is 0 Å². The molecule has 1 heterocycles. The Morgan fingerprint density at radius 2 is 2.12 bits per heavy atom. The van der Waals surface area contributed by atoms with Crippen LogP contribution in [-0.4, -0.2) is 17.1 Å². The molecule has 0 saturated heterocycles. The van der Waals surface area contributed by atoms with Gasteiger partial charge in [-0.1, -0.05) is 13.0 Å². The van der Waals surface area contributed by atoms with Crippen molar-refractivity contribution in [1.29, 1.82) is 0 Å². The van der Waals surface area contributed by atoms with Gasteiger partial charge in [-0.15, -0.1) is 0 Å². The van der Waals surface area contributed by atoms with Gasteiger partial charge in [-0.2, -0.15) is 0 Å². The number of urea groups is 1. The quantitative estimate of drug-likeness (QED) is 0.819. The van der Waals surface area contributed by atoms with E-state index in [1.54, 1.807) is 6.20 Å². The van der Waals surface area contributed by atoms with Crippen molar-refractivity contribution < 1.29 is 4.79 Å². The molecule has 0 spiro atoms. The lowest BCUT2D eigenvalue weighted by atomic mass is 10.2. The molecule has 0 radical (unpaired) electrons. The Morgan fingerprint density at radius 3 is 2.69 bits per heavy atom. The molecular formula is C12H19N3O. The average molecular weight is 221 g/mol. The van der Waals surface area contributed by atoms with E-state index >= 15 is 0 Å². The van der Waals surface area contributed by atoms with Gasteiger partial charge in [0.05, 0.1) is 11.7 Å². The summed E-state index contributed by atoms with van der Waals surface area (Å²) < 4.78 is 0. The number of carbonyl (C=O) groups excluding carboxylic acids is 1. The molecule has 2 amide bonds. The van der Waals surface area contributed by atoms with Crippen molar-refractivity contribution in [3.05, 3.63) is 30.1 Å². The van der Waals surface area contributed by atoms with E-state index in [-0.39, 0.29) is 18.1 Å². The number of hydrogen-bond acceptors (Lipinski definition) is 2. The fourth-order valence-corrected chi connectivity index (χ4v) is 1.27. The Bertz CT molecular complexity index is 326. The number of rotatable bonds is 4. The molecule has 2 atom stereocenters. The highest BCUT2D eigenvalue weighted by Gasteiger charge is 2.11. The zero-order valence-corrected chi connectivity index (χ0v) is 10.0. The minimum Gasteiger partial charge on any atom is -0.336 e. The van der Waals surface area contributed by atoms with E-state index < -0.39 is 0 Å². The van der Waals surface area contributed by atoms with Crippen LogP contribution in [0.25, 0.3) is 0 Å². The van der Waals surface area contributed by atoms with E-state index in [4.69, 9.17) is 0 Å². The second-order valence-corrected chi connectivity index (χ2v) is 3.90. The van der Waals surface area contributed by atoms with Gasteiger partial charge in [0.15, 0.2) is 0 Å². The van der Waals surface area contributed by atoms with Crippen molar-refractivity contribution in [3.8, 4) is 0 Å². The number of pyridine rings is 1. The molecule has 0 aliphatic rings. The van der Waals surface area contributed by atoms with E-state index in [1.165, 1.54) is 0 Å². The summed E-state index contributed by atoms with van der Waals surface area (Å²) in [5.74, 6) is 0. The van der Waals surface area contributed by atoms with Crippen molar-refractivity contribution in [2.45, 2.75) is 39.3 Å². The fraction of sp³-hybridized carbons (Fsp3) is 0.500. The van der Waals surface area contributed by atoms with Crippen LogP contribution in [0.2, 0.25) is 0 Å². The van der Waals surface area contributed by atoms with Gasteiger partial charge in [0.2, 0.25) is 0 Å². The Hall–Kier alpha value is -1.58. The maximum absolute atomic E-state index is 11.5. The van der Waals surface area contributed by atoms with Crippen molar-refractivity contribution in [2.24, 2.45) is 0 Å². The zero-order valence-electron chi connectivity index (χ0n) is 10.0. The van der Waals surface area contributed by atoms with Crippen LogP contribution in [0.4, 0.5) is 4.79 Å². The van der Waals surface area contributed by atoms with Gasteiger partial charge < -0.3 is 10.6 Å². The predicted octanol–water partition coefficient (Wildman–Crippen LogP) is 2.24. The number of nitrogens with one attached hydrogen (secondary N) is 2. The van der Waals surface area contributed by atoms with Crippen LogP contribution in [0.3, 0.4) is 0 Å². The van der Waals surface area contributed by atoms with Gasteiger partial charge >= 0.3 is 6.03 Å². The van der Waals surface area contributed by atoms with E-state index in [0.717, 1.165) is 12.1 Å². The molecule has 1 aromatic heterocycles. The fourth-order valence-electron chi connectivity index (χ4n) is 1.27. The molecule has 0 unspecified atom stereocenters. The molecule has 0 aliphatic carbocycles. The van der Waals surface area contributed by atoms with Crippen LogP contribution in [0.15, 0.2) is 24.4 Å². The number of nitrogens with zero attached hydrogens (tertiary/aromatic N) is 1. The largest absolute Gasteiger partial charge is 0.336 e. The van der Waals surface area contributed by atoms with Crippen molar-refractivity contribution >= 4 is 6.03 Å². The SMILES string of the molecule is CC[C@@H](C)NC(=O)N[C@H](C)c1ccccn1. The highest BCUT2D eigenvalue weighted by atomic mass is 16.2. The molecule has 0 aromatic carbocycles. The van der Waals surface area contributed by atoms with Gasteiger partial charge in [0, 0.05) is 12.2 Å². The number of hydrogen-bond donors (Lipinski definition) is 2. The lowest BCUT2D eigenvalue weighted by Gasteiger charge is -2.16. The molecule has 0 saturated carbocycles. The average Bonchev–Trinajstić information content (AvgIpc) is 2.29. The second-order valence-electron chi connectivity index (χ2n) is 3.90. The van der Waals surface area contributed by atoms with Crippen LogP contribution in [0.1, 0.15) is 38.9 Å². The summed E-state index contributed by atoms with van der Waals surface area (Å²) in [6.07, 6.45) is 2.64. The number of carbonyl (C=O) groups is 1. The molecular weight excluding hydrogens is 202 g/mol. The highest BCUT2D eigenvalue weighted by Crippen LogP contribution is 2.07. The smallest absolute Gasteiger partial charge is 0.315 e. The van der Waals surface area contributed by atoms with Gasteiger partial charge in [0.1, 0.15) is 0 Å². The van der Waals surface area contributed by atoms with Crippen LogP contribution in [-0.2, 0) is 0 Å². The topological polar surface area (TPSA) is 54.0 Å². The Kier molecular flexibility index (Phi) is 4.76. The summed E-state index contributed by atoms with van der Waals surface area (Å²) in [6, 6.07) is 5.63. The van der Waals surface area contributed by atoms with Gasteiger partial charge in [-0.05, 0) is 32.4 Å². The molecule has 0 bridgehead atoms. The molecule has 88 valence electrons. The molecule has 4 nitrogen and oxygen atoms in total. The lowest BCUT2D eigenvalue weighted by Crippen LogP contribution is -2.41. The van der Waals surface area contributed by atoms with Crippen LogP contribution < -0.4 is 10.6 Å². The van der Waals surface area contributed by atoms with E-state index in [1.807, 2.05) is 39.0 Å². The summed E-state index contributed by atoms with van der Waals surface area (Å²) in [5.41, 5.74) is 0.863. The van der Waals surface area contributed by atoms with E-state index in [0.29, 0.717) is 0 Å². The minimum absolute atomic E-state index is 0.0785. The van der Waals surface area contributed by atoms with Crippen molar-refractivity contribution in [2.75, 3.05) is 0 Å². The van der Waals surface area contributed by atoms with Gasteiger partial charge in [-0.3, -0.25) is 4.98 Å². The molecule has 2 N–H and O–H groups in total. The molecule has 1 rings (SSSR count). The highest BCUT2D eigenvalue weighted by molar-refractivity contribution is 5.74. The molecule has 0 fully saturated rings. The summed E-state index contributed by atoms with van der Waals surface area (Å²) in [5, 5.41) is 5.70. The first-order valence-corrected chi connectivity index (χ1v) is 5.61. The summed E-state index contributed by atoms with van der Waals surface area (Å²) in [4.78, 5) is 15.7. The number of amides is 2. The van der Waals surface area contributed by atoms with Crippen LogP contribution in [0.5, 0.6) is 0 Å². The summed E-state index contributed by atoms with van der Waals surface area (Å²) >= 11 is 0. The zero-order chi connectivity index (χ0) is 12.0. The minimum atomic E-state index is -0.146. The standard InChI is InChI=1S/C12H19N3O/c1-4-9(2)14-12(16)15-10(3)11-7-5-6-8-13-11/h5-10H,4H2,1-3H3,(H2,14,15,16)/t9-,10-/m1/s1. The maximum Gasteiger partial charge on any atom is 0.315 e. The first-order valence-electron chi connectivity index (χ1n) is 5.61. The Balaban J connectivity index is 2.46. The van der Waals surface area contributed by atoms with Crippen LogP contribution >= 0.6 is 0 Å². The Labute approximate surface area is 96.5 Å². The summed E-state index contributed by atoms with van der Waals surface area (Å²) in [6.45, 7) is 5.93. The second kappa shape index (κ2) is 6.10. The number of aromatic nitrogens is 1. The van der Waals surface area contributed by atoms with Gasteiger partial charge in [-0.25, -0.2) is 4.79 Å². The third kappa shape index (κ3) is 3.88. The molecule has 0 aliphatic heterocycles. The molecule has 16 heavy (non-hydrogen) atoms. The molecule has 1 aromatic rings. The summed E-state index contributed by atoms with van der Waals surface area (Å²) in [7, 11) is 0. The normalized spacial score (nSPS) is 13.9. The van der Waals surface area contributed by atoms with Crippen LogP contribution in [0, 0.1) is 0 Å². The first kappa shape index (κ1) is 12.5. The predicted molar refractivity (Wildman–Crippen MR) is 64.1 cm³/mol. The van der Waals surface area contributed by atoms with E-state index in [2.05, 4.69) is 15.6 Å². The van der Waals surface area contributed by atoms with Gasteiger partial charge in [0.25, 0.3) is 0 Å². The molecule has 4 heteroatoms. The lowest BCUT2D eigenvalue weighted by molar-refractivity contribution is 0.234. The Morgan fingerprint density at radius 1 is 1.38 bits per heavy atom. The maximum atomic E-state index is 11.5. The third-order valence-electron chi connectivity index (χ3n) is 2.47.